The van der Waals surface area contributed by atoms with Gasteiger partial charge in [-0.2, -0.15) is 0 Å². The molecule has 0 bridgehead atoms. The molecule has 0 radical (unpaired) electrons. The van der Waals surface area contributed by atoms with Crippen molar-refractivity contribution >= 4 is 0 Å². The highest BCUT2D eigenvalue weighted by Crippen LogP contribution is 2.51. The molecule has 0 saturated heterocycles. The average molecular weight is 271 g/mol. The number of benzene rings is 1. The quantitative estimate of drug-likeness (QED) is 0.843. The highest BCUT2D eigenvalue weighted by molar-refractivity contribution is 5.37. The van der Waals surface area contributed by atoms with Crippen LogP contribution in [0.5, 0.6) is 0 Å². The topological polar surface area (TPSA) is 26.0 Å². The second-order valence-electron chi connectivity index (χ2n) is 8.03. The molecule has 1 nitrogen and oxygen atoms in total. The van der Waals surface area contributed by atoms with Gasteiger partial charge in [0.2, 0.25) is 0 Å². The molecule has 0 heterocycles. The minimum atomic E-state index is 0.278. The molecule has 2 unspecified atom stereocenters. The molecule has 1 heteroatoms. The van der Waals surface area contributed by atoms with Crippen molar-refractivity contribution in [1.82, 2.24) is 0 Å². The van der Waals surface area contributed by atoms with Gasteiger partial charge in [-0.15, -0.1) is 0 Å². The van der Waals surface area contributed by atoms with E-state index in [-0.39, 0.29) is 6.04 Å². The van der Waals surface area contributed by atoms with E-state index < -0.39 is 0 Å². The monoisotopic (exact) mass is 271 g/mol. The van der Waals surface area contributed by atoms with E-state index in [0.29, 0.717) is 10.8 Å². The van der Waals surface area contributed by atoms with E-state index in [4.69, 9.17) is 5.73 Å². The summed E-state index contributed by atoms with van der Waals surface area (Å²) in [5, 5.41) is 0. The zero-order valence-electron chi connectivity index (χ0n) is 13.3. The van der Waals surface area contributed by atoms with Gasteiger partial charge in [0.25, 0.3) is 0 Å². The summed E-state index contributed by atoms with van der Waals surface area (Å²) in [6.07, 6.45) is 7.99. The van der Waals surface area contributed by atoms with E-state index in [1.165, 1.54) is 44.1 Å². The molecule has 1 aromatic rings. The molecular weight excluding hydrogens is 242 g/mol. The van der Waals surface area contributed by atoms with Crippen molar-refractivity contribution in [3.8, 4) is 0 Å². The lowest BCUT2D eigenvalue weighted by atomic mass is 9.70. The van der Waals surface area contributed by atoms with Gasteiger partial charge in [0, 0.05) is 11.5 Å². The van der Waals surface area contributed by atoms with Crippen LogP contribution in [0.3, 0.4) is 0 Å². The van der Waals surface area contributed by atoms with Crippen LogP contribution in [-0.4, -0.2) is 6.04 Å². The molecule has 110 valence electrons. The smallest absolute Gasteiger partial charge is 0.0108 e. The molecule has 20 heavy (non-hydrogen) atoms. The van der Waals surface area contributed by atoms with Gasteiger partial charge in [-0.3, -0.25) is 0 Å². The standard InChI is InChI=1S/C19H29N/c1-14(20)19(10-11-19)17-8-4-6-15(12-17)16-7-5-9-18(2,3)13-16/h4,6,8,12,14,16H,5,7,9-11,13,20H2,1-3H3. The van der Waals surface area contributed by atoms with Crippen LogP contribution in [0.15, 0.2) is 24.3 Å². The molecule has 2 fully saturated rings. The molecular formula is C19H29N. The molecule has 0 spiro atoms. The fourth-order valence-corrected chi connectivity index (χ4v) is 4.23. The summed E-state index contributed by atoms with van der Waals surface area (Å²) in [7, 11) is 0. The summed E-state index contributed by atoms with van der Waals surface area (Å²) in [6.45, 7) is 7.02. The number of rotatable bonds is 3. The number of hydrogen-bond acceptors (Lipinski definition) is 1. The highest BCUT2D eigenvalue weighted by Gasteiger charge is 2.47. The average Bonchev–Trinajstić information content (AvgIpc) is 3.19. The second kappa shape index (κ2) is 4.87. The fraction of sp³-hybridized carbons (Fsp3) is 0.684. The van der Waals surface area contributed by atoms with Crippen molar-refractivity contribution in [1.29, 1.82) is 0 Å². The third-order valence-electron chi connectivity index (χ3n) is 5.80. The molecule has 2 aliphatic rings. The first-order chi connectivity index (χ1) is 9.43. The highest BCUT2D eigenvalue weighted by atomic mass is 14.7. The van der Waals surface area contributed by atoms with E-state index in [9.17, 15) is 0 Å². The zero-order chi connectivity index (χ0) is 14.4. The zero-order valence-corrected chi connectivity index (χ0v) is 13.3. The van der Waals surface area contributed by atoms with E-state index >= 15 is 0 Å². The van der Waals surface area contributed by atoms with Crippen LogP contribution < -0.4 is 5.73 Å². The van der Waals surface area contributed by atoms with Crippen LogP contribution in [-0.2, 0) is 5.41 Å². The molecule has 0 amide bonds. The molecule has 2 atom stereocenters. The first-order valence-corrected chi connectivity index (χ1v) is 8.29. The van der Waals surface area contributed by atoms with Crippen LogP contribution in [0.25, 0.3) is 0 Å². The number of hydrogen-bond donors (Lipinski definition) is 1. The summed E-state index contributed by atoms with van der Waals surface area (Å²) in [4.78, 5) is 0. The lowest BCUT2D eigenvalue weighted by Crippen LogP contribution is -2.31. The van der Waals surface area contributed by atoms with Crippen molar-refractivity contribution in [2.75, 3.05) is 0 Å². The molecule has 1 aromatic carbocycles. The van der Waals surface area contributed by atoms with Gasteiger partial charge in [-0.1, -0.05) is 44.5 Å². The van der Waals surface area contributed by atoms with E-state index in [2.05, 4.69) is 45.0 Å². The van der Waals surface area contributed by atoms with Gasteiger partial charge in [-0.05, 0) is 61.5 Å². The van der Waals surface area contributed by atoms with Gasteiger partial charge in [0.1, 0.15) is 0 Å². The summed E-state index contributed by atoms with van der Waals surface area (Å²) < 4.78 is 0. The summed E-state index contributed by atoms with van der Waals surface area (Å²) in [5.41, 5.74) is 10.1. The fourth-order valence-electron chi connectivity index (χ4n) is 4.23. The molecule has 0 aromatic heterocycles. The van der Waals surface area contributed by atoms with Crippen LogP contribution in [0, 0.1) is 5.41 Å². The van der Waals surface area contributed by atoms with Gasteiger partial charge in [0.15, 0.2) is 0 Å². The Labute approximate surface area is 124 Å². The van der Waals surface area contributed by atoms with Crippen molar-refractivity contribution in [2.24, 2.45) is 11.1 Å². The second-order valence-corrected chi connectivity index (χ2v) is 8.03. The Morgan fingerprint density at radius 3 is 2.55 bits per heavy atom. The number of nitrogens with two attached hydrogens (primary N) is 1. The van der Waals surface area contributed by atoms with E-state index in [1.807, 2.05) is 0 Å². The molecule has 2 aliphatic carbocycles. The SMILES string of the molecule is CC(N)C1(c2cccc(C3CCCC(C)(C)C3)c2)CC1. The van der Waals surface area contributed by atoms with Gasteiger partial charge in [0.05, 0.1) is 0 Å². The Hall–Kier alpha value is -0.820. The van der Waals surface area contributed by atoms with Crippen LogP contribution in [0.4, 0.5) is 0 Å². The Kier molecular flexibility index (Phi) is 3.44. The van der Waals surface area contributed by atoms with Crippen molar-refractivity contribution in [3.05, 3.63) is 35.4 Å². The van der Waals surface area contributed by atoms with Crippen LogP contribution in [0.1, 0.15) is 76.3 Å². The maximum absolute atomic E-state index is 6.24. The predicted octanol–water partition coefficient (Wildman–Crippen LogP) is 4.75. The third kappa shape index (κ3) is 2.53. The van der Waals surface area contributed by atoms with E-state index in [0.717, 1.165) is 5.92 Å². The van der Waals surface area contributed by atoms with Gasteiger partial charge >= 0.3 is 0 Å². The van der Waals surface area contributed by atoms with Gasteiger partial charge in [-0.25, -0.2) is 0 Å². The lowest BCUT2D eigenvalue weighted by molar-refractivity contribution is 0.219. The lowest BCUT2D eigenvalue weighted by Gasteiger charge is -2.36. The summed E-state index contributed by atoms with van der Waals surface area (Å²) in [6, 6.07) is 9.65. The minimum Gasteiger partial charge on any atom is -0.327 e. The Bertz CT molecular complexity index is 482. The van der Waals surface area contributed by atoms with Gasteiger partial charge < -0.3 is 5.73 Å². The Balaban J connectivity index is 1.85. The van der Waals surface area contributed by atoms with Crippen molar-refractivity contribution in [2.45, 2.75) is 76.7 Å². The molecule has 3 rings (SSSR count). The van der Waals surface area contributed by atoms with E-state index in [1.54, 1.807) is 5.56 Å². The van der Waals surface area contributed by atoms with Crippen LogP contribution in [0.2, 0.25) is 0 Å². The van der Waals surface area contributed by atoms with Crippen molar-refractivity contribution < 1.29 is 0 Å². The van der Waals surface area contributed by atoms with Crippen molar-refractivity contribution in [3.63, 3.8) is 0 Å². The minimum absolute atomic E-state index is 0.278. The largest absolute Gasteiger partial charge is 0.327 e. The third-order valence-corrected chi connectivity index (χ3v) is 5.80. The maximum Gasteiger partial charge on any atom is 0.0108 e. The Morgan fingerprint density at radius 2 is 1.95 bits per heavy atom. The summed E-state index contributed by atoms with van der Waals surface area (Å²) in [5.74, 6) is 0.752. The maximum atomic E-state index is 6.24. The normalized spacial score (nSPS) is 28.9. The first-order valence-electron chi connectivity index (χ1n) is 8.29. The Morgan fingerprint density at radius 1 is 1.20 bits per heavy atom. The van der Waals surface area contributed by atoms with Crippen LogP contribution >= 0.6 is 0 Å². The summed E-state index contributed by atoms with van der Waals surface area (Å²) >= 11 is 0. The molecule has 2 saturated carbocycles. The first kappa shape index (κ1) is 14.1. The molecule has 2 N–H and O–H groups in total. The molecule has 0 aliphatic heterocycles. The predicted molar refractivity (Wildman–Crippen MR) is 86.0 cm³/mol.